The topological polar surface area (TPSA) is 78.9 Å². The molecule has 0 bridgehead atoms. The third-order valence-electron chi connectivity index (χ3n) is 14.5. The van der Waals surface area contributed by atoms with Crippen molar-refractivity contribution in [1.29, 1.82) is 0 Å². The first-order valence-electron chi connectivity index (χ1n) is 31.4. The van der Waals surface area contributed by atoms with Crippen LogP contribution in [0, 0.1) is 5.92 Å². The fourth-order valence-electron chi connectivity index (χ4n) is 9.81. The second-order valence-corrected chi connectivity index (χ2v) is 22.2. The van der Waals surface area contributed by atoms with Gasteiger partial charge in [-0.1, -0.05) is 323 Å². The molecule has 6 heteroatoms. The molecule has 0 aromatic carbocycles. The quantitative estimate of drug-likeness (QED) is 0.0343. The fraction of sp³-hybridized carbons (Fsp3) is 0.952. The number of unbranched alkanes of at least 4 members (excludes halogenated alkanes) is 45. The Morgan fingerprint density at radius 1 is 0.275 bits per heavy atom. The van der Waals surface area contributed by atoms with Gasteiger partial charge >= 0.3 is 17.9 Å². The average Bonchev–Trinajstić information content (AvgIpc) is 3.34. The van der Waals surface area contributed by atoms with Gasteiger partial charge in [-0.2, -0.15) is 0 Å². The van der Waals surface area contributed by atoms with E-state index in [0.717, 1.165) is 63.7 Å². The first kappa shape index (κ1) is 67.4. The highest BCUT2D eigenvalue weighted by Gasteiger charge is 2.19. The molecule has 0 rings (SSSR count). The lowest BCUT2D eigenvalue weighted by atomic mass is 10.0. The zero-order valence-corrected chi connectivity index (χ0v) is 47.3. The van der Waals surface area contributed by atoms with Crippen LogP contribution >= 0.6 is 0 Å². The molecule has 0 fully saturated rings. The summed E-state index contributed by atoms with van der Waals surface area (Å²) in [4.78, 5) is 38.3. The van der Waals surface area contributed by atoms with Crippen molar-refractivity contribution in [1.82, 2.24) is 0 Å². The standard InChI is InChI=1S/C63H122O6/c1-5-7-9-11-13-15-17-19-21-23-24-26-30-34-38-42-46-50-54-61(64)67-57-60(69-63(66)56-52-48-44-40-36-32-25-22-20-18-16-14-12-10-8-6-2)58-68-62(65)55-51-47-43-39-35-31-28-27-29-33-37-41-45-49-53-59(3)4/h59-60H,5-58H2,1-4H3/t60-/m1/s1. The fourth-order valence-corrected chi connectivity index (χ4v) is 9.81. The van der Waals surface area contributed by atoms with Gasteiger partial charge in [0, 0.05) is 19.3 Å². The van der Waals surface area contributed by atoms with Crippen LogP contribution in [0.2, 0.25) is 0 Å². The summed E-state index contributed by atoms with van der Waals surface area (Å²) in [5, 5.41) is 0. The molecule has 0 N–H and O–H groups in total. The number of hydrogen-bond acceptors (Lipinski definition) is 6. The summed E-state index contributed by atoms with van der Waals surface area (Å²) in [5.74, 6) is 0.0163. The summed E-state index contributed by atoms with van der Waals surface area (Å²) in [5.41, 5.74) is 0. The van der Waals surface area contributed by atoms with Crippen molar-refractivity contribution in [3.8, 4) is 0 Å². The van der Waals surface area contributed by atoms with E-state index < -0.39 is 6.10 Å². The van der Waals surface area contributed by atoms with E-state index in [2.05, 4.69) is 27.7 Å². The van der Waals surface area contributed by atoms with Crippen LogP contribution in [-0.2, 0) is 28.6 Å². The third-order valence-corrected chi connectivity index (χ3v) is 14.5. The minimum absolute atomic E-state index is 0.0612. The van der Waals surface area contributed by atoms with Crippen LogP contribution in [0.4, 0.5) is 0 Å². The van der Waals surface area contributed by atoms with Crippen LogP contribution in [0.5, 0.6) is 0 Å². The van der Waals surface area contributed by atoms with Gasteiger partial charge in [-0.05, 0) is 25.2 Å². The summed E-state index contributed by atoms with van der Waals surface area (Å²) < 4.78 is 17.0. The van der Waals surface area contributed by atoms with Crippen LogP contribution in [0.1, 0.15) is 362 Å². The van der Waals surface area contributed by atoms with Crippen LogP contribution in [0.3, 0.4) is 0 Å². The van der Waals surface area contributed by atoms with Crippen molar-refractivity contribution < 1.29 is 28.6 Å². The Hall–Kier alpha value is -1.59. The van der Waals surface area contributed by atoms with E-state index in [9.17, 15) is 14.4 Å². The molecule has 0 heterocycles. The Bertz CT molecular complexity index is 1040. The van der Waals surface area contributed by atoms with Crippen molar-refractivity contribution in [2.75, 3.05) is 13.2 Å². The van der Waals surface area contributed by atoms with Gasteiger partial charge in [-0.3, -0.25) is 14.4 Å². The first-order chi connectivity index (χ1) is 33.9. The second kappa shape index (κ2) is 57.3. The van der Waals surface area contributed by atoms with E-state index in [1.54, 1.807) is 0 Å². The van der Waals surface area contributed by atoms with Crippen LogP contribution < -0.4 is 0 Å². The minimum atomic E-state index is -0.763. The molecule has 0 spiro atoms. The largest absolute Gasteiger partial charge is 0.462 e. The van der Waals surface area contributed by atoms with Gasteiger partial charge < -0.3 is 14.2 Å². The molecule has 0 aromatic rings. The Kier molecular flexibility index (Phi) is 56.0. The molecule has 0 aliphatic rings. The van der Waals surface area contributed by atoms with E-state index in [-0.39, 0.29) is 31.1 Å². The van der Waals surface area contributed by atoms with E-state index in [1.807, 2.05) is 0 Å². The maximum Gasteiger partial charge on any atom is 0.306 e. The predicted octanol–water partition coefficient (Wildman–Crippen LogP) is 21.0. The Morgan fingerprint density at radius 3 is 0.710 bits per heavy atom. The molecule has 410 valence electrons. The van der Waals surface area contributed by atoms with Crippen molar-refractivity contribution in [2.24, 2.45) is 5.92 Å². The lowest BCUT2D eigenvalue weighted by molar-refractivity contribution is -0.167. The summed E-state index contributed by atoms with van der Waals surface area (Å²) in [7, 11) is 0. The van der Waals surface area contributed by atoms with Gasteiger partial charge in [0.2, 0.25) is 0 Å². The van der Waals surface area contributed by atoms with Gasteiger partial charge in [0.1, 0.15) is 13.2 Å². The monoisotopic (exact) mass is 975 g/mol. The van der Waals surface area contributed by atoms with Crippen molar-refractivity contribution >= 4 is 17.9 Å². The van der Waals surface area contributed by atoms with Crippen LogP contribution in [0.25, 0.3) is 0 Å². The highest BCUT2D eigenvalue weighted by molar-refractivity contribution is 5.71. The maximum absolute atomic E-state index is 12.9. The molecule has 0 amide bonds. The van der Waals surface area contributed by atoms with E-state index in [4.69, 9.17) is 14.2 Å². The van der Waals surface area contributed by atoms with Gasteiger partial charge in [-0.25, -0.2) is 0 Å². The number of esters is 3. The van der Waals surface area contributed by atoms with Gasteiger partial charge in [0.25, 0.3) is 0 Å². The predicted molar refractivity (Wildman–Crippen MR) is 298 cm³/mol. The number of carbonyl (C=O) groups is 3. The molecular formula is C63H122O6. The summed E-state index contributed by atoms with van der Waals surface area (Å²) in [6.45, 7) is 9.09. The SMILES string of the molecule is CCCCCCCCCCCCCCCCCCCCC(=O)OC[C@H](COC(=O)CCCCCCCCCCCCCCCCC(C)C)OC(=O)CCCCCCCCCCCCCCCCCC. The molecule has 0 saturated carbocycles. The first-order valence-corrected chi connectivity index (χ1v) is 31.4. The van der Waals surface area contributed by atoms with E-state index in [0.29, 0.717) is 19.3 Å². The molecule has 0 aliphatic heterocycles. The molecule has 0 aliphatic carbocycles. The van der Waals surface area contributed by atoms with Gasteiger partial charge in [0.15, 0.2) is 6.10 Å². The normalized spacial score (nSPS) is 12.0. The molecular weight excluding hydrogens is 853 g/mol. The maximum atomic E-state index is 12.9. The zero-order valence-electron chi connectivity index (χ0n) is 47.3. The summed E-state index contributed by atoms with van der Waals surface area (Å²) >= 11 is 0. The molecule has 0 aromatic heterocycles. The molecule has 69 heavy (non-hydrogen) atoms. The lowest BCUT2D eigenvalue weighted by Gasteiger charge is -2.18. The van der Waals surface area contributed by atoms with Gasteiger partial charge in [0.05, 0.1) is 0 Å². The third kappa shape index (κ3) is 57.2. The van der Waals surface area contributed by atoms with Crippen molar-refractivity contribution in [2.45, 2.75) is 368 Å². The molecule has 0 unspecified atom stereocenters. The summed E-state index contributed by atoms with van der Waals surface area (Å²) in [6.07, 6.45) is 63.8. The Morgan fingerprint density at radius 2 is 0.478 bits per heavy atom. The number of ether oxygens (including phenoxy) is 3. The highest BCUT2D eigenvalue weighted by Crippen LogP contribution is 2.19. The van der Waals surface area contributed by atoms with Gasteiger partial charge in [-0.15, -0.1) is 0 Å². The number of rotatable bonds is 58. The molecule has 1 atom stereocenters. The Balaban J connectivity index is 4.28. The summed E-state index contributed by atoms with van der Waals surface area (Å²) in [6, 6.07) is 0. The zero-order chi connectivity index (χ0) is 50.2. The smallest absolute Gasteiger partial charge is 0.306 e. The number of hydrogen-bond donors (Lipinski definition) is 0. The van der Waals surface area contributed by atoms with Crippen LogP contribution in [0.15, 0.2) is 0 Å². The molecule has 0 saturated heterocycles. The average molecular weight is 976 g/mol. The molecule has 6 nitrogen and oxygen atoms in total. The van der Waals surface area contributed by atoms with Crippen molar-refractivity contribution in [3.63, 3.8) is 0 Å². The van der Waals surface area contributed by atoms with E-state index in [1.165, 1.54) is 257 Å². The second-order valence-electron chi connectivity index (χ2n) is 22.2. The highest BCUT2D eigenvalue weighted by atomic mass is 16.6. The lowest BCUT2D eigenvalue weighted by Crippen LogP contribution is -2.30. The Labute approximate surface area is 431 Å². The van der Waals surface area contributed by atoms with Crippen molar-refractivity contribution in [3.05, 3.63) is 0 Å². The van der Waals surface area contributed by atoms with E-state index >= 15 is 0 Å². The molecule has 0 radical (unpaired) electrons. The minimum Gasteiger partial charge on any atom is -0.462 e. The van der Waals surface area contributed by atoms with Crippen LogP contribution in [-0.4, -0.2) is 37.2 Å². The number of carbonyl (C=O) groups excluding carboxylic acids is 3.